The minimum Gasteiger partial charge on any atom is -0.492 e. The lowest BCUT2D eigenvalue weighted by Gasteiger charge is -2.07. The maximum absolute atomic E-state index is 11.3. The second-order valence-corrected chi connectivity index (χ2v) is 3.22. The summed E-state index contributed by atoms with van der Waals surface area (Å²) in [5, 5.41) is 19.6. The zero-order valence-corrected chi connectivity index (χ0v) is 9.39. The maximum atomic E-state index is 11.3. The molecule has 6 nitrogen and oxygen atoms in total. The fourth-order valence-electron chi connectivity index (χ4n) is 1.36. The molecule has 6 heteroatoms. The van der Waals surface area contributed by atoms with Gasteiger partial charge >= 0.3 is 0 Å². The topological polar surface area (TPSA) is 93.2 Å². The number of ether oxygens (including phenoxy) is 1. The fraction of sp³-hybridized carbons (Fsp3) is 0.273. The van der Waals surface area contributed by atoms with E-state index >= 15 is 0 Å². The van der Waals surface area contributed by atoms with Crippen molar-refractivity contribution in [3.8, 4) is 11.8 Å². The van der Waals surface area contributed by atoms with Crippen LogP contribution in [0.4, 0.5) is 5.69 Å². The number of carbonyl (C=O) groups excluding carboxylic acids is 1. The van der Waals surface area contributed by atoms with Gasteiger partial charge in [-0.15, -0.1) is 0 Å². The zero-order chi connectivity index (χ0) is 13.0. The van der Waals surface area contributed by atoms with E-state index in [1.54, 1.807) is 13.0 Å². The standard InChI is InChI=1S/C11H10N2O4/c1-3-17-11-5-9(7(2)14)10(13(15)16)4-8(11)6-12/h4-5H,3H2,1-2H3. The molecule has 17 heavy (non-hydrogen) atoms. The van der Waals surface area contributed by atoms with Crippen LogP contribution in [0.2, 0.25) is 0 Å². The first kappa shape index (κ1) is 12.6. The molecular weight excluding hydrogens is 224 g/mol. The summed E-state index contributed by atoms with van der Waals surface area (Å²) in [5.41, 5.74) is -0.390. The van der Waals surface area contributed by atoms with Crippen LogP contribution >= 0.6 is 0 Å². The van der Waals surface area contributed by atoms with Gasteiger partial charge in [-0.1, -0.05) is 0 Å². The highest BCUT2D eigenvalue weighted by atomic mass is 16.6. The number of carbonyl (C=O) groups is 1. The highest BCUT2D eigenvalue weighted by molar-refractivity contribution is 5.98. The van der Waals surface area contributed by atoms with Crippen molar-refractivity contribution in [1.82, 2.24) is 0 Å². The molecule has 0 saturated carbocycles. The Hall–Kier alpha value is -2.42. The number of nitro benzene ring substituents is 1. The van der Waals surface area contributed by atoms with Crippen LogP contribution in [0.25, 0.3) is 0 Å². The van der Waals surface area contributed by atoms with E-state index < -0.39 is 10.7 Å². The Bertz CT molecular complexity index is 517. The predicted molar refractivity (Wildman–Crippen MR) is 59.0 cm³/mol. The summed E-state index contributed by atoms with van der Waals surface area (Å²) in [6.07, 6.45) is 0. The number of nitriles is 1. The van der Waals surface area contributed by atoms with Crippen molar-refractivity contribution < 1.29 is 14.5 Å². The summed E-state index contributed by atoms with van der Waals surface area (Å²) in [6.45, 7) is 3.25. The average molecular weight is 234 g/mol. The third-order valence-corrected chi connectivity index (χ3v) is 2.09. The second kappa shape index (κ2) is 5.07. The summed E-state index contributed by atoms with van der Waals surface area (Å²) in [6, 6.07) is 4.10. The molecule has 1 rings (SSSR count). The lowest BCUT2D eigenvalue weighted by atomic mass is 10.1. The monoisotopic (exact) mass is 234 g/mol. The number of hydrogen-bond donors (Lipinski definition) is 0. The minimum atomic E-state index is -0.687. The summed E-state index contributed by atoms with van der Waals surface area (Å²) >= 11 is 0. The van der Waals surface area contributed by atoms with Gasteiger partial charge in [-0.2, -0.15) is 5.26 Å². The zero-order valence-electron chi connectivity index (χ0n) is 9.39. The van der Waals surface area contributed by atoms with Crippen LogP contribution < -0.4 is 4.74 Å². The molecule has 0 spiro atoms. The van der Waals surface area contributed by atoms with Gasteiger partial charge < -0.3 is 4.74 Å². The van der Waals surface area contributed by atoms with Crippen molar-refractivity contribution in [1.29, 1.82) is 5.26 Å². The Morgan fingerprint density at radius 1 is 1.59 bits per heavy atom. The van der Waals surface area contributed by atoms with Gasteiger partial charge in [-0.25, -0.2) is 0 Å². The molecule has 0 aliphatic heterocycles. The van der Waals surface area contributed by atoms with E-state index in [1.807, 2.05) is 0 Å². The number of hydrogen-bond acceptors (Lipinski definition) is 5. The first-order valence-electron chi connectivity index (χ1n) is 4.87. The van der Waals surface area contributed by atoms with E-state index in [9.17, 15) is 14.9 Å². The minimum absolute atomic E-state index is 0.0450. The Morgan fingerprint density at radius 2 is 2.24 bits per heavy atom. The molecule has 0 N–H and O–H groups in total. The molecule has 0 unspecified atom stereocenters. The van der Waals surface area contributed by atoms with Gasteiger partial charge in [0, 0.05) is 6.07 Å². The number of nitrogens with zero attached hydrogens (tertiary/aromatic N) is 2. The van der Waals surface area contributed by atoms with Crippen molar-refractivity contribution in [3.05, 3.63) is 33.4 Å². The molecule has 0 bridgehead atoms. The Labute approximate surface area is 97.6 Å². The van der Waals surface area contributed by atoms with Crippen LogP contribution in [-0.2, 0) is 0 Å². The summed E-state index contributed by atoms with van der Waals surface area (Å²) < 4.78 is 5.16. The van der Waals surface area contributed by atoms with Gasteiger partial charge in [0.2, 0.25) is 0 Å². The molecule has 88 valence electrons. The Morgan fingerprint density at radius 3 is 2.65 bits per heavy atom. The van der Waals surface area contributed by atoms with Gasteiger partial charge in [-0.3, -0.25) is 14.9 Å². The quantitative estimate of drug-likeness (QED) is 0.451. The van der Waals surface area contributed by atoms with E-state index in [0.717, 1.165) is 6.07 Å². The van der Waals surface area contributed by atoms with Crippen LogP contribution in [0.1, 0.15) is 29.8 Å². The van der Waals surface area contributed by atoms with Crippen molar-refractivity contribution in [2.24, 2.45) is 0 Å². The molecule has 0 saturated heterocycles. The molecule has 0 radical (unpaired) electrons. The van der Waals surface area contributed by atoms with Gasteiger partial charge in [0.15, 0.2) is 5.78 Å². The molecule has 0 atom stereocenters. The van der Waals surface area contributed by atoms with E-state index in [1.165, 1.54) is 13.0 Å². The second-order valence-electron chi connectivity index (χ2n) is 3.22. The average Bonchev–Trinajstić information content (AvgIpc) is 2.28. The Kier molecular flexibility index (Phi) is 3.78. The van der Waals surface area contributed by atoms with Gasteiger partial charge in [-0.05, 0) is 19.9 Å². The summed E-state index contributed by atoms with van der Waals surface area (Å²) in [7, 11) is 0. The van der Waals surface area contributed by atoms with Gasteiger partial charge in [0.1, 0.15) is 17.4 Å². The van der Waals surface area contributed by atoms with Crippen LogP contribution in [-0.4, -0.2) is 17.3 Å². The number of rotatable bonds is 4. The fourth-order valence-corrected chi connectivity index (χ4v) is 1.36. The molecule has 1 aromatic rings. The van der Waals surface area contributed by atoms with Crippen molar-refractivity contribution >= 4 is 11.5 Å². The van der Waals surface area contributed by atoms with Crippen molar-refractivity contribution in [2.45, 2.75) is 13.8 Å². The molecule has 0 aromatic heterocycles. The van der Waals surface area contributed by atoms with E-state index in [2.05, 4.69) is 0 Å². The SMILES string of the molecule is CCOc1cc(C(C)=O)c([N+](=O)[O-])cc1C#N. The van der Waals surface area contributed by atoms with E-state index in [4.69, 9.17) is 10.00 Å². The van der Waals surface area contributed by atoms with Crippen molar-refractivity contribution in [3.63, 3.8) is 0 Å². The highest BCUT2D eigenvalue weighted by Gasteiger charge is 2.21. The smallest absolute Gasteiger partial charge is 0.281 e. The van der Waals surface area contributed by atoms with Gasteiger partial charge in [0.05, 0.1) is 17.1 Å². The molecule has 1 aromatic carbocycles. The number of nitro groups is 1. The molecular formula is C11H10N2O4. The van der Waals surface area contributed by atoms with Crippen LogP contribution in [0, 0.1) is 21.4 Å². The summed E-state index contributed by atoms with van der Waals surface area (Å²) in [4.78, 5) is 21.4. The van der Waals surface area contributed by atoms with E-state index in [-0.39, 0.29) is 22.6 Å². The maximum Gasteiger partial charge on any atom is 0.281 e. The normalized spacial score (nSPS) is 9.47. The largest absolute Gasteiger partial charge is 0.492 e. The number of ketones is 1. The van der Waals surface area contributed by atoms with Crippen LogP contribution in [0.3, 0.4) is 0 Å². The molecule has 0 aliphatic rings. The number of benzene rings is 1. The third kappa shape index (κ3) is 2.58. The Balaban J connectivity index is 3.49. The van der Waals surface area contributed by atoms with Crippen molar-refractivity contribution in [2.75, 3.05) is 6.61 Å². The highest BCUT2D eigenvalue weighted by Crippen LogP contribution is 2.28. The molecule has 0 fully saturated rings. The number of Topliss-reactive ketones (excluding diaryl/α,β-unsaturated/α-hetero) is 1. The summed E-state index contributed by atoms with van der Waals surface area (Å²) in [5.74, 6) is -0.257. The lowest BCUT2D eigenvalue weighted by molar-refractivity contribution is -0.385. The first-order chi connectivity index (χ1) is 8.01. The lowest BCUT2D eigenvalue weighted by Crippen LogP contribution is -2.03. The predicted octanol–water partition coefficient (Wildman–Crippen LogP) is 2.07. The van der Waals surface area contributed by atoms with Gasteiger partial charge in [0.25, 0.3) is 5.69 Å². The molecule has 0 heterocycles. The van der Waals surface area contributed by atoms with Crippen LogP contribution in [0.15, 0.2) is 12.1 Å². The molecule has 0 amide bonds. The third-order valence-electron chi connectivity index (χ3n) is 2.09. The van der Waals surface area contributed by atoms with E-state index in [0.29, 0.717) is 6.61 Å². The molecule has 0 aliphatic carbocycles. The first-order valence-corrected chi connectivity index (χ1v) is 4.87. The van der Waals surface area contributed by atoms with Crippen LogP contribution in [0.5, 0.6) is 5.75 Å².